The van der Waals surface area contributed by atoms with Crippen LogP contribution in [0.15, 0.2) is 0 Å². The third-order valence-electron chi connectivity index (χ3n) is 7.84. The second-order valence-corrected chi connectivity index (χ2v) is 12.5. The number of hydrogen-bond donors (Lipinski definition) is 1. The van der Waals surface area contributed by atoms with Gasteiger partial charge in [0.25, 0.3) is 5.60 Å². The molecule has 2 bridgehead atoms. The van der Waals surface area contributed by atoms with E-state index >= 15 is 0 Å². The number of carbonyl (C=O) groups is 1. The zero-order valence-electron chi connectivity index (χ0n) is 20.1. The number of ether oxygens (including phenoxy) is 1. The molecule has 4 atom stereocenters. The van der Waals surface area contributed by atoms with Gasteiger partial charge in [0.2, 0.25) is 0 Å². The van der Waals surface area contributed by atoms with Crippen molar-refractivity contribution in [2.45, 2.75) is 94.8 Å². The third kappa shape index (κ3) is 4.75. The summed E-state index contributed by atoms with van der Waals surface area (Å²) in [4.78, 5) is 13.1. The highest BCUT2D eigenvalue weighted by Gasteiger charge is 2.81. The van der Waals surface area contributed by atoms with E-state index in [0.29, 0.717) is 32.7 Å². The van der Waals surface area contributed by atoms with E-state index in [2.05, 4.69) is 0 Å². The second-order valence-electron chi connectivity index (χ2n) is 9.67. The van der Waals surface area contributed by atoms with Gasteiger partial charge in [0.1, 0.15) is 0 Å². The molecule has 3 fully saturated rings. The van der Waals surface area contributed by atoms with Crippen LogP contribution < -0.4 is 0 Å². The number of aliphatic hydroxyl groups is 1. The molecule has 3 saturated carbocycles. The van der Waals surface area contributed by atoms with E-state index in [1.165, 1.54) is 0 Å². The number of fused-ring (bicyclic) bond motifs is 2. The summed E-state index contributed by atoms with van der Waals surface area (Å²) in [5, 5.41) is 10.1. The summed E-state index contributed by atoms with van der Waals surface area (Å²) in [5.41, 5.74) is -8.35. The van der Waals surface area contributed by atoms with Gasteiger partial charge >= 0.3 is 27.1 Å². The maximum atomic E-state index is 13.7. The van der Waals surface area contributed by atoms with E-state index in [1.54, 1.807) is 0 Å². The minimum Gasteiger partial charge on any atom is -0.455 e. The zero-order chi connectivity index (χ0) is 26.3. The van der Waals surface area contributed by atoms with Crippen LogP contribution in [0, 0.1) is 17.8 Å². The molecule has 204 valence electrons. The maximum Gasteiger partial charge on any atom is 0.504 e. The summed E-state index contributed by atoms with van der Waals surface area (Å²) >= 11 is 0. The Hall–Kier alpha value is -0.893. The highest BCUT2D eigenvalue weighted by Crippen LogP contribution is 2.60. The second kappa shape index (κ2) is 10.1. The van der Waals surface area contributed by atoms with Crippen molar-refractivity contribution >= 4 is 14.8 Å². The summed E-state index contributed by atoms with van der Waals surface area (Å²) in [6.07, 6.45) is -12.4. The Kier molecular flexibility index (Phi) is 8.28. The summed E-state index contributed by atoms with van der Waals surface area (Å²) < 4.78 is 105. The molecule has 0 aliphatic heterocycles. The monoisotopic (exact) mass is 536 g/mol. The fourth-order valence-corrected chi connectivity index (χ4v) is 10.0. The van der Waals surface area contributed by atoms with Gasteiger partial charge in [0.15, 0.2) is 5.60 Å². The summed E-state index contributed by atoms with van der Waals surface area (Å²) in [7, 11) is -3.10. The number of hydrogen-bond acceptors (Lipinski definition) is 6. The van der Waals surface area contributed by atoms with Gasteiger partial charge in [-0.15, -0.1) is 0 Å². The predicted octanol–water partition coefficient (Wildman–Crippen LogP) is 5.16. The maximum absolute atomic E-state index is 13.7. The minimum absolute atomic E-state index is 0.0221. The van der Waals surface area contributed by atoms with Crippen molar-refractivity contribution in [1.82, 2.24) is 0 Å². The fourth-order valence-electron chi connectivity index (χ4n) is 6.48. The van der Waals surface area contributed by atoms with Gasteiger partial charge in [0, 0.05) is 25.4 Å². The lowest BCUT2D eigenvalue weighted by molar-refractivity contribution is -0.412. The Morgan fingerprint density at radius 1 is 0.857 bits per heavy atom. The Bertz CT molecular complexity index is 723. The molecular formula is C22H34F6O6Si. The van der Waals surface area contributed by atoms with Crippen LogP contribution in [0.2, 0.25) is 5.54 Å². The van der Waals surface area contributed by atoms with Crippen molar-refractivity contribution in [2.75, 3.05) is 19.8 Å². The smallest absolute Gasteiger partial charge is 0.455 e. The average molecular weight is 537 g/mol. The van der Waals surface area contributed by atoms with Gasteiger partial charge in [-0.05, 0) is 77.6 Å². The molecule has 0 radical (unpaired) electrons. The summed E-state index contributed by atoms with van der Waals surface area (Å²) in [6, 6.07) is 0. The normalized spacial score (nSPS) is 29.1. The van der Waals surface area contributed by atoms with Gasteiger partial charge in [-0.2, -0.15) is 26.3 Å². The number of halogens is 6. The van der Waals surface area contributed by atoms with Crippen LogP contribution in [0.4, 0.5) is 26.3 Å². The van der Waals surface area contributed by atoms with Crippen molar-refractivity contribution < 1.29 is 54.3 Å². The van der Waals surface area contributed by atoms with Crippen LogP contribution in [-0.2, 0) is 22.8 Å². The lowest BCUT2D eigenvalue weighted by Crippen LogP contribution is -2.71. The topological polar surface area (TPSA) is 74.2 Å². The predicted molar refractivity (Wildman–Crippen MR) is 113 cm³/mol. The Morgan fingerprint density at radius 3 is 1.71 bits per heavy atom. The van der Waals surface area contributed by atoms with Crippen LogP contribution in [-0.4, -0.2) is 63.3 Å². The molecule has 13 heteroatoms. The van der Waals surface area contributed by atoms with E-state index in [4.69, 9.17) is 18.0 Å². The quantitative estimate of drug-likeness (QED) is 0.236. The number of rotatable bonds is 10. The van der Waals surface area contributed by atoms with Crippen LogP contribution in [0.5, 0.6) is 0 Å². The van der Waals surface area contributed by atoms with Gasteiger partial charge in [-0.25, -0.2) is 0 Å². The molecular weight excluding hydrogens is 502 g/mol. The zero-order valence-corrected chi connectivity index (χ0v) is 21.1. The molecule has 6 nitrogen and oxygen atoms in total. The standard InChI is InChI=1S/C22H34F6O6Si/c1-4-31-35(32-5-2,33-6-3)17-13-14-11-15(17)12-16(14)18(29)34-19(9-7-8-10-19)20(30,21(23,24)25)22(26,27)28/h14-17,30H,4-13H2,1-3H3. The van der Waals surface area contributed by atoms with Crippen LogP contribution in [0.25, 0.3) is 0 Å². The lowest BCUT2D eigenvalue weighted by atomic mass is 9.79. The van der Waals surface area contributed by atoms with Crippen molar-refractivity contribution in [2.24, 2.45) is 17.8 Å². The highest BCUT2D eigenvalue weighted by molar-refractivity contribution is 6.62. The van der Waals surface area contributed by atoms with Crippen molar-refractivity contribution in [3.8, 4) is 0 Å². The molecule has 3 rings (SSSR count). The Morgan fingerprint density at radius 2 is 1.34 bits per heavy atom. The van der Waals surface area contributed by atoms with Crippen LogP contribution in [0.3, 0.4) is 0 Å². The van der Waals surface area contributed by atoms with Crippen molar-refractivity contribution in [3.05, 3.63) is 0 Å². The molecule has 0 amide bonds. The van der Waals surface area contributed by atoms with Crippen molar-refractivity contribution in [3.63, 3.8) is 0 Å². The first-order valence-corrected chi connectivity index (χ1v) is 14.0. The summed E-state index contributed by atoms with van der Waals surface area (Å²) in [5.74, 6) is -2.34. The molecule has 0 aromatic heterocycles. The summed E-state index contributed by atoms with van der Waals surface area (Å²) in [6.45, 7) is 6.54. The molecule has 3 aliphatic rings. The number of esters is 1. The molecule has 0 saturated heterocycles. The van der Waals surface area contributed by atoms with Gasteiger partial charge in [-0.1, -0.05) is 0 Å². The fraction of sp³-hybridized carbons (Fsp3) is 0.955. The third-order valence-corrected chi connectivity index (χ3v) is 11.5. The van der Waals surface area contributed by atoms with E-state index in [1.807, 2.05) is 20.8 Å². The molecule has 1 N–H and O–H groups in total. The van der Waals surface area contributed by atoms with Gasteiger partial charge in [-0.3, -0.25) is 4.79 Å². The van der Waals surface area contributed by atoms with Gasteiger partial charge in [0.05, 0.1) is 5.92 Å². The first-order valence-electron chi connectivity index (χ1n) is 12.2. The van der Waals surface area contributed by atoms with E-state index < -0.39 is 57.1 Å². The van der Waals surface area contributed by atoms with E-state index in [9.17, 15) is 36.2 Å². The van der Waals surface area contributed by atoms with Crippen molar-refractivity contribution in [1.29, 1.82) is 0 Å². The lowest BCUT2D eigenvalue weighted by Gasteiger charge is -2.46. The largest absolute Gasteiger partial charge is 0.504 e. The van der Waals surface area contributed by atoms with Crippen LogP contribution in [0.1, 0.15) is 65.7 Å². The SMILES string of the molecule is CCO[Si](OCC)(OCC)C1CC2CC1CC2C(=O)OC1(C(O)(C(F)(F)F)C(F)(F)F)CCCC1. The highest BCUT2D eigenvalue weighted by atomic mass is 28.4. The Balaban J connectivity index is 1.82. The molecule has 0 spiro atoms. The van der Waals surface area contributed by atoms with E-state index in [0.717, 1.165) is 0 Å². The molecule has 0 aromatic carbocycles. The van der Waals surface area contributed by atoms with Crippen LogP contribution >= 0.6 is 0 Å². The van der Waals surface area contributed by atoms with Gasteiger partial charge < -0.3 is 23.1 Å². The molecule has 35 heavy (non-hydrogen) atoms. The first-order chi connectivity index (χ1) is 16.2. The molecule has 4 unspecified atom stereocenters. The molecule has 0 heterocycles. The average Bonchev–Trinajstić information content (AvgIpc) is 3.48. The Labute approximate surface area is 202 Å². The molecule has 0 aromatic rings. The molecule has 3 aliphatic carbocycles. The minimum atomic E-state index is -6.06. The van der Waals surface area contributed by atoms with E-state index in [-0.39, 0.29) is 36.6 Å². The number of alkyl halides is 6. The first kappa shape index (κ1) is 28.7. The number of carbonyl (C=O) groups excluding carboxylic acids is 1.